The molecule has 0 radical (unpaired) electrons. The molecule has 1 fully saturated rings. The van der Waals surface area contributed by atoms with Crippen LogP contribution in [0.4, 0.5) is 11.6 Å². The van der Waals surface area contributed by atoms with Gasteiger partial charge in [-0.15, -0.1) is 10.2 Å². The Bertz CT molecular complexity index is 1140. The van der Waals surface area contributed by atoms with E-state index < -0.39 is 0 Å². The molecular formula is C20H21N9. The number of pyridine rings is 1. The second kappa shape index (κ2) is 7.08. The van der Waals surface area contributed by atoms with Crippen molar-refractivity contribution in [2.24, 2.45) is 0 Å². The molecule has 0 atom stereocenters. The second-order valence-electron chi connectivity index (χ2n) is 7.11. The highest BCUT2D eigenvalue weighted by Crippen LogP contribution is 2.25. The number of aromatic nitrogens is 7. The number of hydrogen-bond acceptors (Lipinski definition) is 8. The molecule has 146 valence electrons. The van der Waals surface area contributed by atoms with Crippen LogP contribution < -0.4 is 9.80 Å². The van der Waals surface area contributed by atoms with Crippen molar-refractivity contribution in [1.82, 2.24) is 34.9 Å². The van der Waals surface area contributed by atoms with Crippen LogP contribution in [0.1, 0.15) is 11.5 Å². The molecule has 9 nitrogen and oxygen atoms in total. The minimum absolute atomic E-state index is 0.719. The van der Waals surface area contributed by atoms with Gasteiger partial charge in [0.1, 0.15) is 11.6 Å². The number of hydrogen-bond donors (Lipinski definition) is 0. The summed E-state index contributed by atoms with van der Waals surface area (Å²) in [5.41, 5.74) is 1.84. The summed E-state index contributed by atoms with van der Waals surface area (Å²) in [5, 5.41) is 14.2. The van der Waals surface area contributed by atoms with Crippen LogP contribution in [0, 0.1) is 13.8 Å². The first-order valence-electron chi connectivity index (χ1n) is 9.62. The van der Waals surface area contributed by atoms with Crippen molar-refractivity contribution in [2.75, 3.05) is 36.0 Å². The molecule has 9 heteroatoms. The molecule has 0 amide bonds. The molecule has 5 heterocycles. The summed E-state index contributed by atoms with van der Waals surface area (Å²) in [4.78, 5) is 17.9. The fourth-order valence-electron chi connectivity index (χ4n) is 3.62. The fourth-order valence-corrected chi connectivity index (χ4v) is 3.62. The van der Waals surface area contributed by atoms with E-state index in [-0.39, 0.29) is 0 Å². The van der Waals surface area contributed by atoms with Crippen LogP contribution in [0.15, 0.2) is 42.9 Å². The topological polar surface area (TPSA) is 88.8 Å². The zero-order valence-electron chi connectivity index (χ0n) is 16.4. The Labute approximate surface area is 168 Å². The quantitative estimate of drug-likeness (QED) is 0.527. The van der Waals surface area contributed by atoms with Crippen LogP contribution in [0.5, 0.6) is 0 Å². The summed E-state index contributed by atoms with van der Waals surface area (Å²) in [6.45, 7) is 7.29. The third-order valence-electron chi connectivity index (χ3n) is 5.09. The maximum atomic E-state index is 4.70. The van der Waals surface area contributed by atoms with Crippen LogP contribution in [-0.2, 0) is 0 Å². The SMILES string of the molecule is Cc1ccn(-c2ccc(N3CCN(c4nc(C)nc5cnccc45)CC3)nn2)n1. The van der Waals surface area contributed by atoms with Crippen LogP contribution in [0.3, 0.4) is 0 Å². The molecule has 1 aliphatic heterocycles. The van der Waals surface area contributed by atoms with Crippen LogP contribution in [-0.4, -0.2) is 61.1 Å². The first kappa shape index (κ1) is 17.5. The van der Waals surface area contributed by atoms with E-state index >= 15 is 0 Å². The standard InChI is InChI=1S/C20H21N9/c1-14-6-8-29(26-14)19-4-3-18(24-25-19)27-9-11-28(12-10-27)20-16-5-7-21-13-17(16)22-15(2)23-20/h3-8,13H,9-12H2,1-2H3. The van der Waals surface area contributed by atoms with Crippen molar-refractivity contribution in [2.45, 2.75) is 13.8 Å². The Hall–Kier alpha value is -3.62. The molecule has 0 N–H and O–H groups in total. The van der Waals surface area contributed by atoms with E-state index in [1.165, 1.54) is 0 Å². The summed E-state index contributed by atoms with van der Waals surface area (Å²) < 4.78 is 1.74. The molecule has 0 aliphatic carbocycles. The van der Waals surface area contributed by atoms with Gasteiger partial charge in [-0.1, -0.05) is 0 Å². The molecule has 0 aromatic carbocycles. The summed E-state index contributed by atoms with van der Waals surface area (Å²) in [6, 6.07) is 7.89. The van der Waals surface area contributed by atoms with Gasteiger partial charge in [0.2, 0.25) is 0 Å². The highest BCUT2D eigenvalue weighted by molar-refractivity contribution is 5.88. The van der Waals surface area contributed by atoms with Crippen molar-refractivity contribution >= 4 is 22.5 Å². The molecule has 1 saturated heterocycles. The van der Waals surface area contributed by atoms with E-state index in [9.17, 15) is 0 Å². The lowest BCUT2D eigenvalue weighted by Crippen LogP contribution is -2.47. The largest absolute Gasteiger partial charge is 0.352 e. The van der Waals surface area contributed by atoms with Gasteiger partial charge in [0.15, 0.2) is 11.6 Å². The third kappa shape index (κ3) is 3.35. The Morgan fingerprint density at radius 3 is 2.31 bits per heavy atom. The van der Waals surface area contributed by atoms with E-state index in [1.807, 2.05) is 44.3 Å². The maximum absolute atomic E-state index is 4.70. The predicted octanol–water partition coefficient (Wildman–Crippen LogP) is 1.94. The van der Waals surface area contributed by atoms with Gasteiger partial charge < -0.3 is 9.80 Å². The van der Waals surface area contributed by atoms with Gasteiger partial charge in [0, 0.05) is 44.0 Å². The second-order valence-corrected chi connectivity index (χ2v) is 7.11. The Kier molecular flexibility index (Phi) is 4.27. The number of aryl methyl sites for hydroxylation is 2. The molecule has 4 aromatic rings. The van der Waals surface area contributed by atoms with Crippen LogP contribution in [0.25, 0.3) is 16.7 Å². The molecule has 0 bridgehead atoms. The lowest BCUT2D eigenvalue weighted by molar-refractivity contribution is 0.637. The highest BCUT2D eigenvalue weighted by Gasteiger charge is 2.21. The molecule has 1 aliphatic rings. The number of nitrogens with zero attached hydrogens (tertiary/aromatic N) is 9. The summed E-state index contributed by atoms with van der Waals surface area (Å²) in [5.74, 6) is 3.34. The molecule has 29 heavy (non-hydrogen) atoms. The average molecular weight is 387 g/mol. The Balaban J connectivity index is 1.32. The zero-order chi connectivity index (χ0) is 19.8. The van der Waals surface area contributed by atoms with E-state index in [0.29, 0.717) is 0 Å². The monoisotopic (exact) mass is 387 g/mol. The van der Waals surface area contributed by atoms with Gasteiger partial charge in [-0.2, -0.15) is 5.10 Å². The van der Waals surface area contributed by atoms with E-state index in [0.717, 1.165) is 66.1 Å². The average Bonchev–Trinajstić information content (AvgIpc) is 3.20. The smallest absolute Gasteiger partial charge is 0.175 e. The van der Waals surface area contributed by atoms with Crippen LogP contribution >= 0.6 is 0 Å². The number of fused-ring (bicyclic) bond motifs is 1. The Morgan fingerprint density at radius 1 is 0.828 bits per heavy atom. The minimum Gasteiger partial charge on any atom is -0.352 e. The van der Waals surface area contributed by atoms with Crippen LogP contribution in [0.2, 0.25) is 0 Å². The van der Waals surface area contributed by atoms with E-state index in [4.69, 9.17) is 4.98 Å². The number of rotatable bonds is 3. The molecule has 0 unspecified atom stereocenters. The number of anilines is 2. The van der Waals surface area contributed by atoms with Crippen molar-refractivity contribution in [3.8, 4) is 5.82 Å². The van der Waals surface area contributed by atoms with E-state index in [2.05, 4.69) is 35.1 Å². The zero-order valence-corrected chi connectivity index (χ0v) is 16.4. The normalized spacial score (nSPS) is 14.6. The molecule has 5 rings (SSSR count). The molecule has 0 saturated carbocycles. The molecule has 0 spiro atoms. The van der Waals surface area contributed by atoms with Crippen molar-refractivity contribution in [3.05, 3.63) is 54.4 Å². The summed E-state index contributed by atoms with van der Waals surface area (Å²) >= 11 is 0. The van der Waals surface area contributed by atoms with Crippen molar-refractivity contribution in [1.29, 1.82) is 0 Å². The Morgan fingerprint density at radius 2 is 1.59 bits per heavy atom. The first-order chi connectivity index (χ1) is 14.2. The van der Waals surface area contributed by atoms with Gasteiger partial charge in [-0.3, -0.25) is 4.98 Å². The van der Waals surface area contributed by atoms with Gasteiger partial charge in [-0.25, -0.2) is 14.6 Å². The fraction of sp³-hybridized carbons (Fsp3) is 0.300. The van der Waals surface area contributed by atoms with E-state index in [1.54, 1.807) is 17.1 Å². The van der Waals surface area contributed by atoms with Gasteiger partial charge >= 0.3 is 0 Å². The van der Waals surface area contributed by atoms with Gasteiger partial charge in [-0.05, 0) is 38.1 Å². The van der Waals surface area contributed by atoms with Gasteiger partial charge in [0.05, 0.1) is 17.4 Å². The predicted molar refractivity (Wildman–Crippen MR) is 110 cm³/mol. The summed E-state index contributed by atoms with van der Waals surface area (Å²) in [6.07, 6.45) is 5.47. The number of piperazine rings is 1. The minimum atomic E-state index is 0.719. The lowest BCUT2D eigenvalue weighted by atomic mass is 10.2. The summed E-state index contributed by atoms with van der Waals surface area (Å²) in [7, 11) is 0. The van der Waals surface area contributed by atoms with Crippen molar-refractivity contribution in [3.63, 3.8) is 0 Å². The molecule has 4 aromatic heterocycles. The van der Waals surface area contributed by atoms with Gasteiger partial charge in [0.25, 0.3) is 0 Å². The first-order valence-corrected chi connectivity index (χ1v) is 9.62. The third-order valence-corrected chi connectivity index (χ3v) is 5.09. The maximum Gasteiger partial charge on any atom is 0.175 e. The lowest BCUT2D eigenvalue weighted by Gasteiger charge is -2.36. The highest BCUT2D eigenvalue weighted by atomic mass is 15.4. The van der Waals surface area contributed by atoms with Crippen molar-refractivity contribution < 1.29 is 0 Å². The molecular weight excluding hydrogens is 366 g/mol.